The molecule has 0 atom stereocenters. The maximum atomic E-state index is 14.1. The van der Waals surface area contributed by atoms with Crippen molar-refractivity contribution in [2.24, 2.45) is 0 Å². The summed E-state index contributed by atoms with van der Waals surface area (Å²) in [7, 11) is 0. The zero-order valence-electron chi connectivity index (χ0n) is 23.7. The summed E-state index contributed by atoms with van der Waals surface area (Å²) in [5.74, 6) is 2.08. The number of amides is 2. The Morgan fingerprint density at radius 1 is 0.842 bits per heavy atom. The van der Waals surface area contributed by atoms with Crippen LogP contribution in [0.5, 0.6) is 5.75 Å². The van der Waals surface area contributed by atoms with E-state index in [1.54, 1.807) is 0 Å². The number of para-hydroxylation sites is 1. The molecule has 1 N–H and O–H groups in total. The molecule has 1 fully saturated rings. The minimum absolute atomic E-state index is 0.00274. The number of urea groups is 1. The Morgan fingerprint density at radius 2 is 1.45 bits per heavy atom. The highest BCUT2D eigenvalue weighted by Crippen LogP contribution is 2.37. The molecule has 0 unspecified atom stereocenters. The Bertz CT molecular complexity index is 1140. The summed E-state index contributed by atoms with van der Waals surface area (Å²) in [6, 6.07) is 25.6. The van der Waals surface area contributed by atoms with E-state index >= 15 is 0 Å². The van der Waals surface area contributed by atoms with Gasteiger partial charge in [-0.2, -0.15) is 0 Å². The highest BCUT2D eigenvalue weighted by Gasteiger charge is 2.30. The standard InChI is InChI=1S/C34H44N2O2/c1-6-38-30-21-15-26(16-22-30)23-36(29-19-17-28(18-20-29)27-11-8-7-9-12-27)34(37)35-33-31(24(2)3)13-10-14-32(33)25(4)5/h7-16,21-22,24-25,28-29H,6,17-20,23H2,1-5H3,(H,35,37). The molecule has 38 heavy (non-hydrogen) atoms. The van der Waals surface area contributed by atoms with Gasteiger partial charge in [0, 0.05) is 18.3 Å². The molecule has 0 radical (unpaired) electrons. The summed E-state index contributed by atoms with van der Waals surface area (Å²) >= 11 is 0. The van der Waals surface area contributed by atoms with Crippen LogP contribution >= 0.6 is 0 Å². The molecule has 0 aliphatic heterocycles. The van der Waals surface area contributed by atoms with Gasteiger partial charge in [-0.1, -0.05) is 88.4 Å². The Morgan fingerprint density at radius 3 is 2.00 bits per heavy atom. The first-order valence-corrected chi connectivity index (χ1v) is 14.3. The third-order valence-corrected chi connectivity index (χ3v) is 7.86. The van der Waals surface area contributed by atoms with Crippen molar-refractivity contribution in [2.75, 3.05) is 11.9 Å². The number of hydrogen-bond acceptors (Lipinski definition) is 2. The molecule has 0 saturated heterocycles. The lowest BCUT2D eigenvalue weighted by molar-refractivity contribution is 0.158. The molecule has 4 heteroatoms. The van der Waals surface area contributed by atoms with E-state index in [-0.39, 0.29) is 12.1 Å². The summed E-state index contributed by atoms with van der Waals surface area (Å²) < 4.78 is 5.64. The number of rotatable bonds is 9. The van der Waals surface area contributed by atoms with Crippen LogP contribution in [0, 0.1) is 0 Å². The normalized spacial score (nSPS) is 17.4. The molecule has 1 saturated carbocycles. The van der Waals surface area contributed by atoms with Crippen molar-refractivity contribution in [2.45, 2.75) is 90.6 Å². The zero-order chi connectivity index (χ0) is 27.1. The molecule has 0 heterocycles. The monoisotopic (exact) mass is 512 g/mol. The first-order valence-electron chi connectivity index (χ1n) is 14.3. The summed E-state index contributed by atoms with van der Waals surface area (Å²) in [4.78, 5) is 16.2. The van der Waals surface area contributed by atoms with Gasteiger partial charge in [-0.3, -0.25) is 0 Å². The minimum atomic E-state index is -0.00274. The average molecular weight is 513 g/mol. The number of ether oxygens (including phenoxy) is 1. The van der Waals surface area contributed by atoms with Crippen molar-refractivity contribution in [3.8, 4) is 5.75 Å². The number of carbonyl (C=O) groups is 1. The van der Waals surface area contributed by atoms with Crippen molar-refractivity contribution >= 4 is 11.7 Å². The quantitative estimate of drug-likeness (QED) is 0.311. The molecule has 1 aliphatic carbocycles. The molecule has 0 aromatic heterocycles. The van der Waals surface area contributed by atoms with Crippen LogP contribution < -0.4 is 10.1 Å². The molecule has 4 rings (SSSR count). The van der Waals surface area contributed by atoms with Crippen molar-refractivity contribution in [3.63, 3.8) is 0 Å². The number of benzene rings is 3. The fraction of sp³-hybridized carbons (Fsp3) is 0.441. The van der Waals surface area contributed by atoms with Gasteiger partial charge in [0.25, 0.3) is 0 Å². The van der Waals surface area contributed by atoms with Gasteiger partial charge in [0.05, 0.1) is 6.61 Å². The number of nitrogens with one attached hydrogen (secondary N) is 1. The second-order valence-electron chi connectivity index (χ2n) is 11.2. The molecule has 0 bridgehead atoms. The van der Waals surface area contributed by atoms with Crippen LogP contribution in [0.25, 0.3) is 0 Å². The number of anilines is 1. The summed E-state index contributed by atoms with van der Waals surface area (Å²) in [6.45, 7) is 12.0. The Kier molecular flexibility index (Phi) is 9.49. The van der Waals surface area contributed by atoms with Gasteiger partial charge >= 0.3 is 6.03 Å². The predicted molar refractivity (Wildman–Crippen MR) is 158 cm³/mol. The van der Waals surface area contributed by atoms with Crippen LogP contribution in [0.4, 0.5) is 10.5 Å². The SMILES string of the molecule is CCOc1ccc(CN(C(=O)Nc2c(C(C)C)cccc2C(C)C)C2CCC(c3ccccc3)CC2)cc1. The fourth-order valence-electron chi connectivity index (χ4n) is 5.74. The molecule has 1 aliphatic rings. The van der Waals surface area contributed by atoms with E-state index in [4.69, 9.17) is 4.74 Å². The van der Waals surface area contributed by atoms with Gasteiger partial charge in [-0.05, 0) is 84.7 Å². The fourth-order valence-corrected chi connectivity index (χ4v) is 5.74. The van der Waals surface area contributed by atoms with Crippen molar-refractivity contribution < 1.29 is 9.53 Å². The lowest BCUT2D eigenvalue weighted by Crippen LogP contribution is -2.44. The Hall–Kier alpha value is -3.27. The molecule has 4 nitrogen and oxygen atoms in total. The molecule has 3 aromatic rings. The van der Waals surface area contributed by atoms with Gasteiger partial charge in [-0.15, -0.1) is 0 Å². The summed E-state index contributed by atoms with van der Waals surface area (Å²) in [6.07, 6.45) is 4.21. The van der Waals surface area contributed by atoms with E-state index in [1.807, 2.05) is 19.1 Å². The molecule has 0 spiro atoms. The Labute approximate surface area is 229 Å². The number of hydrogen-bond donors (Lipinski definition) is 1. The van der Waals surface area contributed by atoms with Gasteiger partial charge in [0.1, 0.15) is 5.75 Å². The lowest BCUT2D eigenvalue weighted by Gasteiger charge is -2.37. The van der Waals surface area contributed by atoms with Crippen molar-refractivity contribution in [1.29, 1.82) is 0 Å². The van der Waals surface area contributed by atoms with Crippen LogP contribution in [-0.4, -0.2) is 23.6 Å². The Balaban J connectivity index is 1.58. The topological polar surface area (TPSA) is 41.6 Å². The summed E-state index contributed by atoms with van der Waals surface area (Å²) in [5, 5.41) is 3.40. The van der Waals surface area contributed by atoms with Crippen LogP contribution in [-0.2, 0) is 6.54 Å². The predicted octanol–water partition coefficient (Wildman–Crippen LogP) is 9.09. The second-order valence-corrected chi connectivity index (χ2v) is 11.2. The van der Waals surface area contributed by atoms with Crippen LogP contribution in [0.15, 0.2) is 72.8 Å². The maximum absolute atomic E-state index is 14.1. The van der Waals surface area contributed by atoms with Gasteiger partial charge in [0.2, 0.25) is 0 Å². The smallest absolute Gasteiger partial charge is 0.322 e. The third kappa shape index (κ3) is 6.78. The van der Waals surface area contributed by atoms with Crippen molar-refractivity contribution in [3.05, 3.63) is 95.1 Å². The van der Waals surface area contributed by atoms with Gasteiger partial charge < -0.3 is 15.0 Å². The highest BCUT2D eigenvalue weighted by molar-refractivity contribution is 5.91. The van der Waals surface area contributed by atoms with E-state index in [0.717, 1.165) is 42.7 Å². The van der Waals surface area contributed by atoms with Crippen LogP contribution in [0.3, 0.4) is 0 Å². The van der Waals surface area contributed by atoms with Crippen molar-refractivity contribution in [1.82, 2.24) is 4.90 Å². The summed E-state index contributed by atoms with van der Waals surface area (Å²) in [5.41, 5.74) is 5.91. The molecular weight excluding hydrogens is 468 g/mol. The number of carbonyl (C=O) groups excluding carboxylic acids is 1. The first-order chi connectivity index (χ1) is 18.4. The largest absolute Gasteiger partial charge is 0.494 e. The van der Waals surface area contributed by atoms with E-state index in [9.17, 15) is 4.79 Å². The molecule has 202 valence electrons. The van der Waals surface area contributed by atoms with E-state index < -0.39 is 0 Å². The van der Waals surface area contributed by atoms with E-state index in [2.05, 4.69) is 98.6 Å². The highest BCUT2D eigenvalue weighted by atomic mass is 16.5. The van der Waals surface area contributed by atoms with Gasteiger partial charge in [-0.25, -0.2) is 4.79 Å². The first kappa shape index (κ1) is 27.8. The minimum Gasteiger partial charge on any atom is -0.494 e. The third-order valence-electron chi connectivity index (χ3n) is 7.86. The number of nitrogens with zero attached hydrogens (tertiary/aromatic N) is 1. The van der Waals surface area contributed by atoms with Gasteiger partial charge in [0.15, 0.2) is 0 Å². The van der Waals surface area contributed by atoms with Crippen LogP contribution in [0.2, 0.25) is 0 Å². The average Bonchev–Trinajstić information content (AvgIpc) is 2.93. The van der Waals surface area contributed by atoms with E-state index in [0.29, 0.717) is 30.9 Å². The molecule has 2 amide bonds. The molecular formula is C34H44N2O2. The lowest BCUT2D eigenvalue weighted by atomic mass is 9.81. The molecule has 3 aromatic carbocycles. The van der Waals surface area contributed by atoms with E-state index in [1.165, 1.54) is 16.7 Å². The zero-order valence-corrected chi connectivity index (χ0v) is 23.7. The maximum Gasteiger partial charge on any atom is 0.322 e. The second kappa shape index (κ2) is 13.0. The van der Waals surface area contributed by atoms with Crippen LogP contribution in [0.1, 0.15) is 100 Å².